The molecule has 7 heteroatoms. The van der Waals surface area contributed by atoms with Gasteiger partial charge in [-0.2, -0.15) is 0 Å². The Bertz CT molecular complexity index is 981. The summed E-state index contributed by atoms with van der Waals surface area (Å²) in [7, 11) is 0. The average molecular weight is 380 g/mol. The molecule has 2 N–H and O–H groups in total. The molecule has 2 aromatic carbocycles. The maximum Gasteiger partial charge on any atom is 0.335 e. The summed E-state index contributed by atoms with van der Waals surface area (Å²) in [5.74, 6) is -1.22. The number of phenols is 1. The fourth-order valence-electron chi connectivity index (χ4n) is 2.45. The third kappa shape index (κ3) is 4.09. The molecular formula is C20H16N2O4S. The van der Waals surface area contributed by atoms with Crippen LogP contribution in [0, 0.1) is 0 Å². The van der Waals surface area contributed by atoms with E-state index < -0.39 is 5.97 Å². The Morgan fingerprint density at radius 1 is 1.22 bits per heavy atom. The summed E-state index contributed by atoms with van der Waals surface area (Å²) in [5.41, 5.74) is 1.08. The van der Waals surface area contributed by atoms with Crippen LogP contribution in [0.15, 0.2) is 71.1 Å². The molecule has 1 aliphatic rings. The number of nitrogens with zero attached hydrogens (tertiary/aromatic N) is 2. The minimum atomic E-state index is -1.05. The van der Waals surface area contributed by atoms with E-state index in [-0.39, 0.29) is 23.8 Å². The Morgan fingerprint density at radius 2 is 2.00 bits per heavy atom. The highest BCUT2D eigenvalue weighted by atomic mass is 32.2. The van der Waals surface area contributed by atoms with Crippen molar-refractivity contribution in [1.82, 2.24) is 4.90 Å². The molecule has 0 radical (unpaired) electrons. The first-order valence-electron chi connectivity index (χ1n) is 8.02. The molecule has 27 heavy (non-hydrogen) atoms. The third-order valence-corrected chi connectivity index (χ3v) is 4.75. The number of carboxylic acid groups (broad SMARTS) is 1. The fourth-order valence-corrected chi connectivity index (χ4v) is 3.45. The molecule has 1 heterocycles. The molecule has 0 spiro atoms. The topological polar surface area (TPSA) is 90.2 Å². The molecule has 1 fully saturated rings. The predicted molar refractivity (Wildman–Crippen MR) is 106 cm³/mol. The quantitative estimate of drug-likeness (QED) is 0.607. The number of hydrogen-bond acceptors (Lipinski definition) is 5. The van der Waals surface area contributed by atoms with Crippen molar-refractivity contribution >= 4 is 40.6 Å². The highest BCUT2D eigenvalue weighted by Gasteiger charge is 2.32. The lowest BCUT2D eigenvalue weighted by molar-refractivity contribution is -0.121. The average Bonchev–Trinajstić information content (AvgIpc) is 2.93. The zero-order chi connectivity index (χ0) is 19.4. The van der Waals surface area contributed by atoms with Crippen LogP contribution in [-0.2, 0) is 4.79 Å². The van der Waals surface area contributed by atoms with Crippen molar-refractivity contribution < 1.29 is 19.8 Å². The number of aromatic hydroxyl groups is 1. The van der Waals surface area contributed by atoms with Gasteiger partial charge in [-0.15, -0.1) is 6.58 Å². The lowest BCUT2D eigenvalue weighted by atomic mass is 10.2. The number of amidine groups is 1. The number of carboxylic acids is 1. The highest BCUT2D eigenvalue weighted by molar-refractivity contribution is 8.18. The third-order valence-electron chi connectivity index (χ3n) is 3.74. The van der Waals surface area contributed by atoms with Crippen molar-refractivity contribution in [2.45, 2.75) is 0 Å². The van der Waals surface area contributed by atoms with Gasteiger partial charge in [0.05, 0.1) is 16.2 Å². The highest BCUT2D eigenvalue weighted by Crippen LogP contribution is 2.35. The maximum atomic E-state index is 12.7. The number of phenolic OH excluding ortho intramolecular Hbond substituents is 1. The molecule has 0 atom stereocenters. The van der Waals surface area contributed by atoms with E-state index in [9.17, 15) is 14.7 Å². The van der Waals surface area contributed by atoms with Crippen LogP contribution in [-0.4, -0.2) is 38.7 Å². The van der Waals surface area contributed by atoms with E-state index in [0.29, 0.717) is 21.3 Å². The van der Waals surface area contributed by atoms with Gasteiger partial charge < -0.3 is 10.2 Å². The van der Waals surface area contributed by atoms with Gasteiger partial charge >= 0.3 is 5.97 Å². The minimum Gasteiger partial charge on any atom is -0.507 e. The van der Waals surface area contributed by atoms with Gasteiger partial charge in [-0.25, -0.2) is 9.79 Å². The van der Waals surface area contributed by atoms with E-state index in [1.54, 1.807) is 48.6 Å². The van der Waals surface area contributed by atoms with Crippen LogP contribution in [0.1, 0.15) is 15.9 Å². The van der Waals surface area contributed by atoms with Crippen molar-refractivity contribution in [3.63, 3.8) is 0 Å². The number of aliphatic imine (C=N–C) groups is 1. The van der Waals surface area contributed by atoms with E-state index in [1.807, 2.05) is 0 Å². The lowest BCUT2D eigenvalue weighted by Gasteiger charge is -2.12. The van der Waals surface area contributed by atoms with Gasteiger partial charge in [-0.05, 0) is 42.1 Å². The van der Waals surface area contributed by atoms with Gasteiger partial charge in [0.25, 0.3) is 5.91 Å². The number of carbonyl (C=O) groups excluding carboxylic acids is 1. The Balaban J connectivity index is 1.98. The smallest absolute Gasteiger partial charge is 0.335 e. The van der Waals surface area contributed by atoms with E-state index >= 15 is 0 Å². The normalized spacial score (nSPS) is 16.9. The molecule has 0 unspecified atom stereocenters. The summed E-state index contributed by atoms with van der Waals surface area (Å²) < 4.78 is 0. The molecule has 0 bridgehead atoms. The zero-order valence-electron chi connectivity index (χ0n) is 14.2. The number of benzene rings is 2. The Hall–Kier alpha value is -3.32. The van der Waals surface area contributed by atoms with Gasteiger partial charge in [0.2, 0.25) is 0 Å². The number of rotatable bonds is 5. The molecule has 136 valence electrons. The molecular weight excluding hydrogens is 364 g/mol. The Kier molecular flexibility index (Phi) is 5.42. The van der Waals surface area contributed by atoms with Crippen LogP contribution in [0.4, 0.5) is 5.69 Å². The molecule has 0 saturated carbocycles. The van der Waals surface area contributed by atoms with E-state index in [2.05, 4.69) is 11.6 Å². The van der Waals surface area contributed by atoms with Crippen LogP contribution in [0.25, 0.3) is 6.08 Å². The van der Waals surface area contributed by atoms with Crippen LogP contribution < -0.4 is 0 Å². The zero-order valence-corrected chi connectivity index (χ0v) is 15.0. The Morgan fingerprint density at radius 3 is 2.70 bits per heavy atom. The molecule has 3 rings (SSSR count). The lowest BCUT2D eigenvalue weighted by Crippen LogP contribution is -2.29. The SMILES string of the molecule is C=CCN1C(=O)/C(=C/c2ccccc2O)SC1=Nc1cccc(C(=O)O)c1. The summed E-state index contributed by atoms with van der Waals surface area (Å²) in [6.07, 6.45) is 3.19. The molecule has 2 aromatic rings. The first-order chi connectivity index (χ1) is 13.0. The first kappa shape index (κ1) is 18.5. The van der Waals surface area contributed by atoms with Crippen molar-refractivity contribution in [3.8, 4) is 5.75 Å². The number of amides is 1. The number of hydrogen-bond donors (Lipinski definition) is 2. The molecule has 1 aliphatic heterocycles. The summed E-state index contributed by atoms with van der Waals surface area (Å²) in [6.45, 7) is 3.93. The maximum absolute atomic E-state index is 12.7. The molecule has 1 saturated heterocycles. The van der Waals surface area contributed by atoms with Crippen molar-refractivity contribution in [1.29, 1.82) is 0 Å². The second-order valence-corrected chi connectivity index (χ2v) is 6.63. The second-order valence-electron chi connectivity index (χ2n) is 5.62. The molecule has 0 aliphatic carbocycles. The predicted octanol–water partition coefficient (Wildman–Crippen LogP) is 3.88. The number of para-hydroxylation sites is 1. The van der Waals surface area contributed by atoms with Crippen molar-refractivity contribution in [2.75, 3.05) is 6.54 Å². The summed E-state index contributed by atoms with van der Waals surface area (Å²) in [5, 5.41) is 19.5. The Labute approximate surface area is 160 Å². The van der Waals surface area contributed by atoms with Gasteiger partial charge in [0.15, 0.2) is 5.17 Å². The van der Waals surface area contributed by atoms with Gasteiger partial charge in [0, 0.05) is 12.1 Å². The standard InChI is InChI=1S/C20H16N2O4S/c1-2-10-22-18(24)17(12-13-6-3-4-9-16(13)23)27-20(22)21-15-8-5-7-14(11-15)19(25)26/h2-9,11-12,23H,1,10H2,(H,25,26)/b17-12-,21-20?. The van der Waals surface area contributed by atoms with E-state index in [0.717, 1.165) is 11.8 Å². The van der Waals surface area contributed by atoms with Crippen LogP contribution in [0.3, 0.4) is 0 Å². The van der Waals surface area contributed by atoms with Crippen LogP contribution in [0.5, 0.6) is 5.75 Å². The number of aromatic carboxylic acids is 1. The second kappa shape index (κ2) is 7.92. The molecule has 1 amide bonds. The minimum absolute atomic E-state index is 0.0771. The van der Waals surface area contributed by atoms with Crippen molar-refractivity contribution in [3.05, 3.63) is 77.2 Å². The van der Waals surface area contributed by atoms with E-state index in [1.165, 1.54) is 17.0 Å². The van der Waals surface area contributed by atoms with Gasteiger partial charge in [-0.1, -0.05) is 30.3 Å². The summed E-state index contributed by atoms with van der Waals surface area (Å²) in [4.78, 5) is 30.2. The first-order valence-corrected chi connectivity index (χ1v) is 8.83. The van der Waals surface area contributed by atoms with Crippen molar-refractivity contribution in [2.24, 2.45) is 4.99 Å². The van der Waals surface area contributed by atoms with E-state index in [4.69, 9.17) is 5.11 Å². The monoisotopic (exact) mass is 380 g/mol. The molecule has 0 aromatic heterocycles. The molecule has 6 nitrogen and oxygen atoms in total. The van der Waals surface area contributed by atoms with Gasteiger partial charge in [0.1, 0.15) is 5.75 Å². The summed E-state index contributed by atoms with van der Waals surface area (Å²) >= 11 is 1.16. The fraction of sp³-hybridized carbons (Fsp3) is 0.0500. The number of thioether (sulfide) groups is 1. The van der Waals surface area contributed by atoms with Crippen LogP contribution in [0.2, 0.25) is 0 Å². The summed E-state index contributed by atoms with van der Waals surface area (Å²) in [6, 6.07) is 12.9. The largest absolute Gasteiger partial charge is 0.507 e. The van der Waals surface area contributed by atoms with Gasteiger partial charge in [-0.3, -0.25) is 9.69 Å². The van der Waals surface area contributed by atoms with Crippen LogP contribution >= 0.6 is 11.8 Å². The number of carbonyl (C=O) groups is 2.